The molecule has 0 bridgehead atoms. The van der Waals surface area contributed by atoms with Crippen LogP contribution in [0.1, 0.15) is 50.1 Å². The highest BCUT2D eigenvalue weighted by Crippen LogP contribution is 2.27. The van der Waals surface area contributed by atoms with Gasteiger partial charge in [-0.2, -0.15) is 0 Å². The van der Waals surface area contributed by atoms with Crippen LogP contribution in [0, 0.1) is 5.92 Å². The van der Waals surface area contributed by atoms with Crippen LogP contribution in [0.15, 0.2) is 24.3 Å². The normalized spacial score (nSPS) is 22.8. The predicted octanol–water partition coefficient (Wildman–Crippen LogP) is 3.16. The zero-order valence-corrected chi connectivity index (χ0v) is 20.3. The van der Waals surface area contributed by atoms with Gasteiger partial charge in [0, 0.05) is 52.3 Å². The number of likely N-dealkylation sites (N-methyl/N-ethyl adjacent to an activating group) is 1. The molecule has 3 aromatic rings. The predicted molar refractivity (Wildman–Crippen MR) is 131 cm³/mol. The Balaban J connectivity index is 1.31. The average Bonchev–Trinajstić information content (AvgIpc) is 3.43. The molecule has 34 heavy (non-hydrogen) atoms. The van der Waals surface area contributed by atoms with Crippen LogP contribution < -0.4 is 10.6 Å². The van der Waals surface area contributed by atoms with Gasteiger partial charge in [0.2, 0.25) is 0 Å². The number of carbonyl (C=O) groups excluding carboxylic acids is 3. The highest BCUT2D eigenvalue weighted by molar-refractivity contribution is 7.13. The molecule has 2 aromatic heterocycles. The number of hydrogen-bond donors (Lipinski definition) is 3. The number of fused-ring (bicyclic) bond motifs is 2. The van der Waals surface area contributed by atoms with Gasteiger partial charge in [0.05, 0.1) is 11.7 Å². The number of carbonyl (C=O) groups is 3. The van der Waals surface area contributed by atoms with Crippen molar-refractivity contribution in [1.82, 2.24) is 25.5 Å². The summed E-state index contributed by atoms with van der Waals surface area (Å²) in [5.41, 5.74) is 2.22. The van der Waals surface area contributed by atoms with E-state index in [4.69, 9.17) is 11.6 Å². The lowest BCUT2D eigenvalue weighted by atomic mass is 9.83. The summed E-state index contributed by atoms with van der Waals surface area (Å²) < 4.78 is 0. The molecule has 0 radical (unpaired) electrons. The molecule has 0 saturated heterocycles. The number of halogens is 1. The quantitative estimate of drug-likeness (QED) is 0.467. The molecule has 8 nitrogen and oxygen atoms in total. The Kier molecular flexibility index (Phi) is 6.42. The van der Waals surface area contributed by atoms with E-state index in [1.54, 1.807) is 18.2 Å². The van der Waals surface area contributed by atoms with E-state index in [9.17, 15) is 14.4 Å². The van der Waals surface area contributed by atoms with Crippen molar-refractivity contribution in [1.29, 1.82) is 0 Å². The van der Waals surface area contributed by atoms with Crippen molar-refractivity contribution in [2.24, 2.45) is 5.92 Å². The Morgan fingerprint density at radius 3 is 2.85 bits per heavy atom. The van der Waals surface area contributed by atoms with E-state index >= 15 is 0 Å². The molecular formula is C24H26ClN5O3S. The number of thiazole rings is 1. The summed E-state index contributed by atoms with van der Waals surface area (Å²) >= 11 is 7.49. The molecule has 2 amide bonds. The third-order valence-electron chi connectivity index (χ3n) is 6.66. The summed E-state index contributed by atoms with van der Waals surface area (Å²) in [4.78, 5) is 48.6. The SMILES string of the molecule is CN1CCc2nc(C(=O)N[C@@H]3CC[C@H](C=O)C[C@@H]3NC(=O)c3cc4cc(Cl)ccc4[nH]3)sc2C1. The summed E-state index contributed by atoms with van der Waals surface area (Å²) in [6.45, 7) is 1.74. The number of H-pyrrole nitrogens is 1. The third kappa shape index (κ3) is 4.73. The van der Waals surface area contributed by atoms with E-state index in [0.717, 1.165) is 47.3 Å². The first-order chi connectivity index (χ1) is 16.4. The Morgan fingerprint density at radius 1 is 1.21 bits per heavy atom. The van der Waals surface area contributed by atoms with E-state index < -0.39 is 0 Å². The molecule has 1 aliphatic heterocycles. The van der Waals surface area contributed by atoms with Crippen LogP contribution in [0.5, 0.6) is 0 Å². The first-order valence-corrected chi connectivity index (χ1v) is 12.6. The Morgan fingerprint density at radius 2 is 2.03 bits per heavy atom. The standard InChI is InChI=1S/C24H26ClN5O3S/c1-30-7-6-18-21(11-30)34-24(29-18)23(33)27-17-4-2-13(12-31)8-19(17)28-22(32)20-10-14-9-15(25)3-5-16(14)26-20/h3,5,9-10,12-13,17,19,26H,2,4,6-8,11H2,1H3,(H,27,33)(H,28,32)/t13-,17+,19-/m0/s1. The summed E-state index contributed by atoms with van der Waals surface area (Å²) in [6.07, 6.45) is 3.54. The summed E-state index contributed by atoms with van der Waals surface area (Å²) in [5.74, 6) is -0.658. The van der Waals surface area contributed by atoms with Gasteiger partial charge in [-0.15, -0.1) is 11.3 Å². The van der Waals surface area contributed by atoms with Crippen LogP contribution in [-0.2, 0) is 17.8 Å². The van der Waals surface area contributed by atoms with Gasteiger partial charge in [-0.3, -0.25) is 9.59 Å². The van der Waals surface area contributed by atoms with Gasteiger partial charge in [0.15, 0.2) is 5.01 Å². The number of amides is 2. The average molecular weight is 500 g/mol. The second kappa shape index (κ2) is 9.48. The van der Waals surface area contributed by atoms with Crippen LogP contribution >= 0.6 is 22.9 Å². The van der Waals surface area contributed by atoms with E-state index in [1.807, 2.05) is 6.07 Å². The Labute approximate surface area is 206 Å². The number of aldehydes is 1. The molecule has 2 aliphatic rings. The van der Waals surface area contributed by atoms with Gasteiger partial charge < -0.3 is 25.3 Å². The molecule has 0 unspecified atom stereocenters. The minimum Gasteiger partial charge on any atom is -0.351 e. The maximum Gasteiger partial charge on any atom is 0.280 e. The Hall–Kier alpha value is -2.75. The summed E-state index contributed by atoms with van der Waals surface area (Å²) in [5, 5.41) is 8.01. The molecule has 1 aromatic carbocycles. The number of nitrogens with one attached hydrogen (secondary N) is 3. The molecular weight excluding hydrogens is 474 g/mol. The van der Waals surface area contributed by atoms with Gasteiger partial charge in [-0.25, -0.2) is 4.98 Å². The third-order valence-corrected chi connectivity index (χ3v) is 7.98. The minimum absolute atomic E-state index is 0.150. The van der Waals surface area contributed by atoms with Crippen molar-refractivity contribution in [3.8, 4) is 0 Å². The van der Waals surface area contributed by atoms with Crippen LogP contribution in [0.25, 0.3) is 10.9 Å². The highest BCUT2D eigenvalue weighted by atomic mass is 35.5. The fourth-order valence-electron chi connectivity index (χ4n) is 4.78. The highest BCUT2D eigenvalue weighted by Gasteiger charge is 2.34. The second-order valence-electron chi connectivity index (χ2n) is 9.16. The zero-order chi connectivity index (χ0) is 23.8. The first kappa shape index (κ1) is 23.0. The second-order valence-corrected chi connectivity index (χ2v) is 10.7. The molecule has 10 heteroatoms. The number of rotatable bonds is 5. The number of hydrogen-bond acceptors (Lipinski definition) is 6. The molecule has 5 rings (SSSR count). The maximum absolute atomic E-state index is 13.0. The smallest absolute Gasteiger partial charge is 0.280 e. The molecule has 1 fully saturated rings. The maximum atomic E-state index is 13.0. The fourth-order valence-corrected chi connectivity index (χ4v) is 6.05. The number of aromatic amines is 1. The van der Waals surface area contributed by atoms with Crippen molar-refractivity contribution < 1.29 is 14.4 Å². The molecule has 3 atom stereocenters. The van der Waals surface area contributed by atoms with E-state index in [0.29, 0.717) is 35.0 Å². The largest absolute Gasteiger partial charge is 0.351 e. The zero-order valence-electron chi connectivity index (χ0n) is 18.8. The van der Waals surface area contributed by atoms with Crippen molar-refractivity contribution in [2.45, 2.75) is 44.3 Å². The van der Waals surface area contributed by atoms with Crippen molar-refractivity contribution in [3.05, 3.63) is 50.6 Å². The van der Waals surface area contributed by atoms with Crippen molar-refractivity contribution in [3.63, 3.8) is 0 Å². The lowest BCUT2D eigenvalue weighted by Gasteiger charge is -2.35. The van der Waals surface area contributed by atoms with Crippen LogP contribution in [0.2, 0.25) is 5.02 Å². The fraction of sp³-hybridized carbons (Fsp3) is 0.417. The van der Waals surface area contributed by atoms with Gasteiger partial charge in [0.1, 0.15) is 12.0 Å². The Bertz CT molecular complexity index is 1250. The molecule has 1 saturated carbocycles. The van der Waals surface area contributed by atoms with Crippen molar-refractivity contribution in [2.75, 3.05) is 13.6 Å². The summed E-state index contributed by atoms with van der Waals surface area (Å²) in [6, 6.07) is 6.48. The van der Waals surface area contributed by atoms with Gasteiger partial charge in [-0.05, 0) is 50.6 Å². The first-order valence-electron chi connectivity index (χ1n) is 11.4. The summed E-state index contributed by atoms with van der Waals surface area (Å²) in [7, 11) is 2.06. The van der Waals surface area contributed by atoms with Crippen LogP contribution in [0.3, 0.4) is 0 Å². The van der Waals surface area contributed by atoms with Gasteiger partial charge >= 0.3 is 0 Å². The van der Waals surface area contributed by atoms with Gasteiger partial charge in [-0.1, -0.05) is 11.6 Å². The molecule has 0 spiro atoms. The van der Waals surface area contributed by atoms with Crippen LogP contribution in [0.4, 0.5) is 0 Å². The number of benzene rings is 1. The van der Waals surface area contributed by atoms with Crippen LogP contribution in [-0.4, -0.2) is 58.6 Å². The number of aromatic nitrogens is 2. The monoisotopic (exact) mass is 499 g/mol. The molecule has 1 aliphatic carbocycles. The lowest BCUT2D eigenvalue weighted by Crippen LogP contribution is -2.54. The lowest BCUT2D eigenvalue weighted by molar-refractivity contribution is -0.112. The van der Waals surface area contributed by atoms with E-state index in [1.165, 1.54) is 11.3 Å². The van der Waals surface area contributed by atoms with E-state index in [-0.39, 0.29) is 29.8 Å². The topological polar surface area (TPSA) is 107 Å². The minimum atomic E-state index is -0.365. The molecule has 3 N–H and O–H groups in total. The molecule has 178 valence electrons. The van der Waals surface area contributed by atoms with Crippen molar-refractivity contribution >= 4 is 51.9 Å². The van der Waals surface area contributed by atoms with Gasteiger partial charge in [0.25, 0.3) is 11.8 Å². The number of nitrogens with zero attached hydrogens (tertiary/aromatic N) is 2. The van der Waals surface area contributed by atoms with E-state index in [2.05, 4.69) is 32.5 Å². The molecule has 3 heterocycles.